The molecule has 0 radical (unpaired) electrons. The summed E-state index contributed by atoms with van der Waals surface area (Å²) in [5.74, 6) is -0.706. The van der Waals surface area contributed by atoms with Crippen LogP contribution >= 0.6 is 0 Å². The molecule has 1 rings (SSSR count). The summed E-state index contributed by atoms with van der Waals surface area (Å²) in [6.07, 6.45) is 0. The van der Waals surface area contributed by atoms with Crippen LogP contribution in [-0.2, 0) is 4.79 Å². The Labute approximate surface area is 105 Å². The summed E-state index contributed by atoms with van der Waals surface area (Å²) in [6, 6.07) is 0. The van der Waals surface area contributed by atoms with E-state index in [2.05, 4.69) is 14.9 Å². The van der Waals surface area contributed by atoms with Gasteiger partial charge in [0.05, 0.1) is 6.54 Å². The fourth-order valence-corrected chi connectivity index (χ4v) is 1.48. The molecule has 2 amide bonds. The smallest absolute Gasteiger partial charge is 0.280 e. The molecule has 0 aliphatic heterocycles. The fraction of sp³-hybridized carbons (Fsp3) is 0.600. The molecule has 8 heteroatoms. The number of hydrogen-bond acceptors (Lipinski definition) is 6. The van der Waals surface area contributed by atoms with Crippen LogP contribution in [0.1, 0.15) is 24.3 Å². The van der Waals surface area contributed by atoms with E-state index in [1.54, 1.807) is 4.90 Å². The van der Waals surface area contributed by atoms with Crippen molar-refractivity contribution in [1.29, 1.82) is 0 Å². The minimum absolute atomic E-state index is 0.0349. The molecule has 2 N–H and O–H groups in total. The minimum Gasteiger partial charge on any atom is -0.379 e. The minimum atomic E-state index is -0.491. The number of aromatic nitrogens is 2. The number of likely N-dealkylation sites (N-methyl/N-ethyl adjacent to an activating group) is 2. The van der Waals surface area contributed by atoms with Gasteiger partial charge in [0.1, 0.15) is 0 Å². The summed E-state index contributed by atoms with van der Waals surface area (Å²) in [5.41, 5.74) is 5.33. The Kier molecular flexibility index (Phi) is 4.64. The average Bonchev–Trinajstić information content (AvgIpc) is 2.76. The quantitative estimate of drug-likeness (QED) is 0.766. The third-order valence-corrected chi connectivity index (χ3v) is 2.55. The van der Waals surface area contributed by atoms with E-state index in [4.69, 9.17) is 5.73 Å². The molecule has 100 valence electrons. The van der Waals surface area contributed by atoms with Crippen LogP contribution < -0.4 is 5.73 Å². The zero-order chi connectivity index (χ0) is 13.7. The van der Waals surface area contributed by atoms with E-state index < -0.39 is 5.91 Å². The van der Waals surface area contributed by atoms with Crippen LogP contribution in [0.25, 0.3) is 0 Å². The van der Waals surface area contributed by atoms with E-state index in [1.807, 2.05) is 13.8 Å². The number of carbonyl (C=O) groups is 2. The third-order valence-electron chi connectivity index (χ3n) is 2.55. The zero-order valence-corrected chi connectivity index (χ0v) is 10.7. The largest absolute Gasteiger partial charge is 0.379 e. The van der Waals surface area contributed by atoms with Crippen molar-refractivity contribution in [2.75, 3.05) is 32.4 Å². The second kappa shape index (κ2) is 5.99. The molecule has 0 fully saturated rings. The fourth-order valence-electron chi connectivity index (χ4n) is 1.48. The average molecular weight is 255 g/mol. The summed E-state index contributed by atoms with van der Waals surface area (Å²) in [5, 5.41) is 6.72. The van der Waals surface area contributed by atoms with Crippen molar-refractivity contribution in [2.24, 2.45) is 0 Å². The predicted octanol–water partition coefficient (Wildman–Crippen LogP) is -0.408. The SMILES string of the molecule is CCN(CC)C(=O)CN(C)C(=O)c1nonc1N. The van der Waals surface area contributed by atoms with E-state index in [0.717, 1.165) is 0 Å². The van der Waals surface area contributed by atoms with Crippen molar-refractivity contribution in [3.63, 3.8) is 0 Å². The van der Waals surface area contributed by atoms with Gasteiger partial charge in [0.2, 0.25) is 17.4 Å². The van der Waals surface area contributed by atoms with E-state index in [9.17, 15) is 9.59 Å². The molecule has 0 aliphatic carbocycles. The summed E-state index contributed by atoms with van der Waals surface area (Å²) in [4.78, 5) is 26.6. The third kappa shape index (κ3) is 2.96. The first kappa shape index (κ1) is 13.9. The van der Waals surface area contributed by atoms with Crippen LogP contribution in [0.3, 0.4) is 0 Å². The Bertz CT molecular complexity index is 427. The van der Waals surface area contributed by atoms with Gasteiger partial charge in [-0.25, -0.2) is 4.63 Å². The van der Waals surface area contributed by atoms with Gasteiger partial charge in [-0.15, -0.1) is 0 Å². The van der Waals surface area contributed by atoms with E-state index in [1.165, 1.54) is 11.9 Å². The van der Waals surface area contributed by atoms with Gasteiger partial charge in [-0.3, -0.25) is 9.59 Å². The lowest BCUT2D eigenvalue weighted by Crippen LogP contribution is -2.41. The normalized spacial score (nSPS) is 10.2. The number of nitrogens with two attached hydrogens (primary N) is 1. The number of carbonyl (C=O) groups excluding carboxylic acids is 2. The molecule has 0 aromatic carbocycles. The molecule has 0 atom stereocenters. The molecule has 0 aliphatic rings. The molecule has 0 saturated carbocycles. The highest BCUT2D eigenvalue weighted by atomic mass is 16.6. The molecule has 8 nitrogen and oxygen atoms in total. The van der Waals surface area contributed by atoms with Gasteiger partial charge in [-0.1, -0.05) is 0 Å². The zero-order valence-electron chi connectivity index (χ0n) is 10.7. The van der Waals surface area contributed by atoms with Gasteiger partial charge in [0.25, 0.3) is 5.91 Å². The maximum Gasteiger partial charge on any atom is 0.280 e. The number of hydrogen-bond donors (Lipinski definition) is 1. The highest BCUT2D eigenvalue weighted by molar-refractivity contribution is 5.97. The van der Waals surface area contributed by atoms with Gasteiger partial charge in [0, 0.05) is 20.1 Å². The molecule has 0 bridgehead atoms. The standard InChI is InChI=1S/C10H17N5O3/c1-4-15(5-2)7(16)6-14(3)10(17)8-9(11)13-18-12-8/h4-6H2,1-3H3,(H2,11,13). The van der Waals surface area contributed by atoms with Gasteiger partial charge in [-0.2, -0.15) is 0 Å². The van der Waals surface area contributed by atoms with Crippen molar-refractivity contribution >= 4 is 17.6 Å². The molecular weight excluding hydrogens is 238 g/mol. The molecule has 1 aromatic rings. The van der Waals surface area contributed by atoms with Crippen LogP contribution in [0.4, 0.5) is 5.82 Å². The number of rotatable bonds is 5. The van der Waals surface area contributed by atoms with Crippen molar-refractivity contribution in [3.8, 4) is 0 Å². The maximum absolute atomic E-state index is 11.9. The summed E-state index contributed by atoms with van der Waals surface area (Å²) < 4.78 is 4.34. The highest BCUT2D eigenvalue weighted by Gasteiger charge is 2.22. The summed E-state index contributed by atoms with van der Waals surface area (Å²) in [6.45, 7) is 4.92. The Hall–Kier alpha value is -2.12. The van der Waals surface area contributed by atoms with Crippen LogP contribution in [0.15, 0.2) is 4.63 Å². The Morgan fingerprint density at radius 1 is 1.28 bits per heavy atom. The number of anilines is 1. The molecule has 1 aromatic heterocycles. The number of nitrogen functional groups attached to an aromatic ring is 1. The Morgan fingerprint density at radius 2 is 1.89 bits per heavy atom. The van der Waals surface area contributed by atoms with E-state index in [-0.39, 0.29) is 24.0 Å². The van der Waals surface area contributed by atoms with Crippen LogP contribution in [0.2, 0.25) is 0 Å². The molecule has 0 saturated heterocycles. The van der Waals surface area contributed by atoms with Crippen molar-refractivity contribution < 1.29 is 14.2 Å². The van der Waals surface area contributed by atoms with Crippen LogP contribution in [0, 0.1) is 0 Å². The first-order chi connectivity index (χ1) is 8.51. The highest BCUT2D eigenvalue weighted by Crippen LogP contribution is 2.07. The van der Waals surface area contributed by atoms with Crippen LogP contribution in [-0.4, -0.2) is 58.6 Å². The van der Waals surface area contributed by atoms with E-state index in [0.29, 0.717) is 13.1 Å². The topological polar surface area (TPSA) is 106 Å². The monoisotopic (exact) mass is 255 g/mol. The Balaban J connectivity index is 2.66. The molecule has 1 heterocycles. The lowest BCUT2D eigenvalue weighted by atomic mass is 10.3. The molecule has 0 unspecified atom stereocenters. The summed E-state index contributed by atoms with van der Waals surface area (Å²) in [7, 11) is 1.50. The van der Waals surface area contributed by atoms with Gasteiger partial charge >= 0.3 is 0 Å². The van der Waals surface area contributed by atoms with E-state index >= 15 is 0 Å². The number of nitrogens with zero attached hydrogens (tertiary/aromatic N) is 4. The lowest BCUT2D eigenvalue weighted by molar-refractivity contribution is -0.131. The van der Waals surface area contributed by atoms with Crippen LogP contribution in [0.5, 0.6) is 0 Å². The molecular formula is C10H17N5O3. The van der Waals surface area contributed by atoms with Crippen molar-refractivity contribution in [2.45, 2.75) is 13.8 Å². The Morgan fingerprint density at radius 3 is 2.33 bits per heavy atom. The van der Waals surface area contributed by atoms with Crippen molar-refractivity contribution in [3.05, 3.63) is 5.69 Å². The molecule has 18 heavy (non-hydrogen) atoms. The summed E-state index contributed by atoms with van der Waals surface area (Å²) >= 11 is 0. The van der Waals surface area contributed by atoms with Gasteiger partial charge in [0.15, 0.2) is 0 Å². The lowest BCUT2D eigenvalue weighted by Gasteiger charge is -2.22. The molecule has 0 spiro atoms. The number of amides is 2. The maximum atomic E-state index is 11.9. The van der Waals surface area contributed by atoms with Crippen molar-refractivity contribution in [1.82, 2.24) is 20.1 Å². The van der Waals surface area contributed by atoms with Gasteiger partial charge < -0.3 is 15.5 Å². The first-order valence-corrected chi connectivity index (χ1v) is 5.62. The second-order valence-corrected chi connectivity index (χ2v) is 3.73. The van der Waals surface area contributed by atoms with Gasteiger partial charge in [-0.05, 0) is 24.2 Å². The first-order valence-electron chi connectivity index (χ1n) is 5.62. The second-order valence-electron chi connectivity index (χ2n) is 3.73. The predicted molar refractivity (Wildman–Crippen MR) is 63.6 cm³/mol.